The summed E-state index contributed by atoms with van der Waals surface area (Å²) < 4.78 is 0. The summed E-state index contributed by atoms with van der Waals surface area (Å²) in [5, 5.41) is 19.6. The van der Waals surface area contributed by atoms with Crippen LogP contribution in [0, 0.1) is 5.92 Å². The molecule has 1 heterocycles. The Bertz CT molecular complexity index is 577. The third kappa shape index (κ3) is 4.08. The van der Waals surface area contributed by atoms with E-state index in [4.69, 9.17) is 39.8 Å². The molecule has 0 spiro atoms. The van der Waals surface area contributed by atoms with Gasteiger partial charge in [-0.3, -0.25) is 4.79 Å². The highest BCUT2D eigenvalue weighted by atomic mass is 35.5. The normalized spacial score (nSPS) is 18.7. The Morgan fingerprint density at radius 1 is 1.26 bits per heavy atom. The zero-order valence-electron chi connectivity index (χ0n) is 12.6. The van der Waals surface area contributed by atoms with Gasteiger partial charge in [-0.25, -0.2) is 0 Å². The fourth-order valence-corrected chi connectivity index (χ4v) is 3.19. The van der Waals surface area contributed by atoms with E-state index in [1.807, 2.05) is 0 Å². The fourth-order valence-electron chi connectivity index (χ4n) is 2.86. The average Bonchev–Trinajstić information content (AvgIpc) is 2.56. The van der Waals surface area contributed by atoms with Crippen LogP contribution in [0.5, 0.6) is 5.75 Å². The summed E-state index contributed by atoms with van der Waals surface area (Å²) in [5.41, 5.74) is 12.4. The first-order chi connectivity index (χ1) is 10.8. The number of rotatable bonds is 4. The smallest absolute Gasteiger partial charge is 0.241 e. The van der Waals surface area contributed by atoms with Crippen molar-refractivity contribution in [1.29, 1.82) is 0 Å². The lowest BCUT2D eigenvalue weighted by Gasteiger charge is -2.36. The standard InChI is InChI=1S/C15H21Cl2N3O3/c16-10-5-9(13(22)6-11(10)17)14(19)8-1-3-20(4-2-8)15(23)12(18)7-21/h5-6,8,12,14,21-22H,1-4,7,18-19H2/t12-,14+/m0/s1. The number of piperidine rings is 1. The lowest BCUT2D eigenvalue weighted by Crippen LogP contribution is -2.49. The van der Waals surface area contributed by atoms with Crippen molar-refractivity contribution in [3.8, 4) is 5.75 Å². The Balaban J connectivity index is 2.03. The van der Waals surface area contributed by atoms with E-state index in [9.17, 15) is 9.90 Å². The highest BCUT2D eigenvalue weighted by Gasteiger charge is 2.30. The molecule has 1 aliphatic heterocycles. The molecular weight excluding hydrogens is 341 g/mol. The number of hydrogen-bond acceptors (Lipinski definition) is 5. The number of likely N-dealkylation sites (tertiary alicyclic amines) is 1. The molecule has 0 unspecified atom stereocenters. The van der Waals surface area contributed by atoms with Gasteiger partial charge in [0.15, 0.2) is 0 Å². The third-order valence-corrected chi connectivity index (χ3v) is 5.02. The van der Waals surface area contributed by atoms with Crippen molar-refractivity contribution >= 4 is 29.1 Å². The molecule has 1 aromatic rings. The molecule has 2 rings (SSSR count). The van der Waals surface area contributed by atoms with Gasteiger partial charge in [-0.1, -0.05) is 23.2 Å². The number of aromatic hydroxyl groups is 1. The van der Waals surface area contributed by atoms with Crippen LogP contribution in [0.3, 0.4) is 0 Å². The first-order valence-electron chi connectivity index (χ1n) is 7.43. The van der Waals surface area contributed by atoms with Crippen molar-refractivity contribution in [1.82, 2.24) is 4.90 Å². The van der Waals surface area contributed by atoms with E-state index in [0.29, 0.717) is 36.5 Å². The number of aliphatic hydroxyl groups excluding tert-OH is 1. The predicted molar refractivity (Wildman–Crippen MR) is 89.4 cm³/mol. The highest BCUT2D eigenvalue weighted by molar-refractivity contribution is 6.42. The lowest BCUT2D eigenvalue weighted by molar-refractivity contribution is -0.134. The minimum absolute atomic E-state index is 0.0210. The topological polar surface area (TPSA) is 113 Å². The fraction of sp³-hybridized carbons (Fsp3) is 0.533. The van der Waals surface area contributed by atoms with Crippen molar-refractivity contribution in [3.63, 3.8) is 0 Å². The third-order valence-electron chi connectivity index (χ3n) is 4.30. The molecule has 0 aromatic heterocycles. The van der Waals surface area contributed by atoms with Gasteiger partial charge in [0.25, 0.3) is 0 Å². The molecule has 1 saturated heterocycles. The molecular formula is C15H21Cl2N3O3. The van der Waals surface area contributed by atoms with Crippen molar-refractivity contribution in [2.24, 2.45) is 17.4 Å². The molecule has 6 N–H and O–H groups in total. The van der Waals surface area contributed by atoms with Crippen LogP contribution in [0.1, 0.15) is 24.4 Å². The summed E-state index contributed by atoms with van der Waals surface area (Å²) in [6.07, 6.45) is 1.37. The maximum absolute atomic E-state index is 11.9. The van der Waals surface area contributed by atoms with Crippen LogP contribution in [0.2, 0.25) is 10.0 Å². The molecule has 2 atom stereocenters. The van der Waals surface area contributed by atoms with Crippen LogP contribution in [-0.2, 0) is 4.79 Å². The second-order valence-corrected chi connectivity index (χ2v) is 6.62. The lowest BCUT2D eigenvalue weighted by atomic mass is 9.85. The number of aliphatic hydroxyl groups is 1. The number of nitrogens with two attached hydrogens (primary N) is 2. The summed E-state index contributed by atoms with van der Waals surface area (Å²) in [6, 6.07) is 1.70. The van der Waals surface area contributed by atoms with Crippen LogP contribution < -0.4 is 11.5 Å². The predicted octanol–water partition coefficient (Wildman–Crippen LogP) is 1.26. The molecule has 0 radical (unpaired) electrons. The van der Waals surface area contributed by atoms with Gasteiger partial charge >= 0.3 is 0 Å². The first kappa shape index (κ1) is 18.3. The van der Waals surface area contributed by atoms with Crippen LogP contribution in [0.15, 0.2) is 12.1 Å². The van der Waals surface area contributed by atoms with Crippen LogP contribution >= 0.6 is 23.2 Å². The molecule has 1 aliphatic rings. The Morgan fingerprint density at radius 3 is 2.39 bits per heavy atom. The maximum Gasteiger partial charge on any atom is 0.241 e. The van der Waals surface area contributed by atoms with Crippen LogP contribution in [0.4, 0.5) is 0 Å². The average molecular weight is 362 g/mol. The second-order valence-electron chi connectivity index (χ2n) is 5.80. The molecule has 8 heteroatoms. The van der Waals surface area contributed by atoms with Crippen LogP contribution in [0.25, 0.3) is 0 Å². The minimum Gasteiger partial charge on any atom is -0.508 e. The molecule has 0 aliphatic carbocycles. The Hall–Kier alpha value is -1.05. The monoisotopic (exact) mass is 361 g/mol. The van der Waals surface area contributed by atoms with Crippen LogP contribution in [-0.4, -0.2) is 46.8 Å². The summed E-state index contributed by atoms with van der Waals surface area (Å²) in [7, 11) is 0. The van der Waals surface area contributed by atoms with Gasteiger partial charge in [-0.15, -0.1) is 0 Å². The Kier molecular flexibility index (Phi) is 6.11. The highest BCUT2D eigenvalue weighted by Crippen LogP contribution is 2.37. The molecule has 23 heavy (non-hydrogen) atoms. The van der Waals surface area contributed by atoms with Crippen molar-refractivity contribution in [2.45, 2.75) is 24.9 Å². The number of phenols is 1. The van der Waals surface area contributed by atoms with E-state index in [2.05, 4.69) is 0 Å². The van der Waals surface area contributed by atoms with Gasteiger partial charge in [0.2, 0.25) is 5.91 Å². The summed E-state index contributed by atoms with van der Waals surface area (Å²) in [6.45, 7) is 0.676. The van der Waals surface area contributed by atoms with Gasteiger partial charge < -0.3 is 26.6 Å². The van der Waals surface area contributed by atoms with E-state index in [-0.39, 0.29) is 29.2 Å². The van der Waals surface area contributed by atoms with Gasteiger partial charge in [0, 0.05) is 30.8 Å². The Labute approximate surface area is 145 Å². The molecule has 0 saturated carbocycles. The van der Waals surface area contributed by atoms with Gasteiger partial charge in [-0.05, 0) is 24.8 Å². The Morgan fingerprint density at radius 2 is 1.83 bits per heavy atom. The SMILES string of the molecule is N[C@@H](CO)C(=O)N1CCC([C@@H](N)c2cc(Cl)c(Cl)cc2O)CC1. The number of nitrogens with zero attached hydrogens (tertiary/aromatic N) is 1. The van der Waals surface area contributed by atoms with E-state index in [0.717, 1.165) is 0 Å². The summed E-state index contributed by atoms with van der Waals surface area (Å²) >= 11 is 11.9. The number of benzene rings is 1. The van der Waals surface area contributed by atoms with Crippen molar-refractivity contribution < 1.29 is 15.0 Å². The zero-order valence-corrected chi connectivity index (χ0v) is 14.1. The second kappa shape index (κ2) is 7.68. The molecule has 1 amide bonds. The quantitative estimate of drug-likeness (QED) is 0.644. The van der Waals surface area contributed by atoms with Gasteiger partial charge in [-0.2, -0.15) is 0 Å². The first-order valence-corrected chi connectivity index (χ1v) is 8.19. The number of hydrogen-bond donors (Lipinski definition) is 4. The number of carbonyl (C=O) groups is 1. The van der Waals surface area contributed by atoms with Crippen molar-refractivity contribution in [3.05, 3.63) is 27.7 Å². The molecule has 1 aromatic carbocycles. The number of phenolic OH excluding ortho intramolecular Hbond substituents is 1. The van der Waals surface area contributed by atoms with Gasteiger partial charge in [0.1, 0.15) is 11.8 Å². The molecule has 1 fully saturated rings. The number of amides is 1. The van der Waals surface area contributed by atoms with Gasteiger partial charge in [0.05, 0.1) is 16.7 Å². The summed E-state index contributed by atoms with van der Waals surface area (Å²) in [5.74, 6) is -0.128. The van der Waals surface area contributed by atoms with E-state index >= 15 is 0 Å². The zero-order chi connectivity index (χ0) is 17.1. The molecule has 0 bridgehead atoms. The number of halogens is 2. The number of carbonyl (C=O) groups excluding carboxylic acids is 1. The molecule has 6 nitrogen and oxygen atoms in total. The van der Waals surface area contributed by atoms with E-state index in [1.54, 1.807) is 11.0 Å². The van der Waals surface area contributed by atoms with E-state index in [1.165, 1.54) is 6.07 Å². The largest absolute Gasteiger partial charge is 0.508 e. The maximum atomic E-state index is 11.9. The molecule has 128 valence electrons. The van der Waals surface area contributed by atoms with Crippen molar-refractivity contribution in [2.75, 3.05) is 19.7 Å². The minimum atomic E-state index is -0.876. The summed E-state index contributed by atoms with van der Waals surface area (Å²) in [4.78, 5) is 13.6. The van der Waals surface area contributed by atoms with E-state index < -0.39 is 12.1 Å².